The Morgan fingerprint density at radius 1 is 1.25 bits per heavy atom. The Kier molecular flexibility index (Phi) is 4.10. The van der Waals surface area contributed by atoms with Gasteiger partial charge >= 0.3 is 5.97 Å². The van der Waals surface area contributed by atoms with E-state index in [9.17, 15) is 9.18 Å². The van der Waals surface area contributed by atoms with Gasteiger partial charge in [-0.05, 0) is 24.3 Å². The minimum absolute atomic E-state index is 0.0283. The van der Waals surface area contributed by atoms with Crippen molar-refractivity contribution in [1.29, 1.82) is 0 Å². The molecule has 0 saturated carbocycles. The molecule has 0 unspecified atom stereocenters. The minimum atomic E-state index is -0.728. The van der Waals surface area contributed by atoms with Crippen LogP contribution in [0.15, 0.2) is 36.4 Å². The van der Waals surface area contributed by atoms with E-state index in [0.717, 1.165) is 0 Å². The standard InChI is InChI=1S/C14H11ClFNO3/c1-19-14(18)8-4-2-6-10(17)13(8)20-11-7-3-5-9(15)12(11)16/h2-7H,17H2,1H3. The lowest BCUT2D eigenvalue weighted by atomic mass is 10.1. The van der Waals surface area contributed by atoms with E-state index in [2.05, 4.69) is 4.74 Å². The first kappa shape index (κ1) is 14.1. The van der Waals surface area contributed by atoms with E-state index in [1.54, 1.807) is 6.07 Å². The SMILES string of the molecule is COC(=O)c1cccc(N)c1Oc1cccc(Cl)c1F. The van der Waals surface area contributed by atoms with Crippen LogP contribution >= 0.6 is 11.6 Å². The number of ether oxygens (including phenoxy) is 2. The summed E-state index contributed by atoms with van der Waals surface area (Å²) < 4.78 is 23.8. The van der Waals surface area contributed by atoms with Crippen LogP contribution in [0.3, 0.4) is 0 Å². The molecule has 104 valence electrons. The number of nitrogen functional groups attached to an aromatic ring is 1. The monoisotopic (exact) mass is 295 g/mol. The van der Waals surface area contributed by atoms with Crippen molar-refractivity contribution in [2.24, 2.45) is 0 Å². The second-order valence-corrected chi connectivity index (χ2v) is 4.28. The van der Waals surface area contributed by atoms with E-state index >= 15 is 0 Å². The van der Waals surface area contributed by atoms with Crippen LogP contribution in [-0.2, 0) is 4.74 Å². The third-order valence-electron chi connectivity index (χ3n) is 2.58. The molecule has 2 N–H and O–H groups in total. The van der Waals surface area contributed by atoms with Gasteiger partial charge in [0, 0.05) is 0 Å². The zero-order valence-electron chi connectivity index (χ0n) is 10.5. The Hall–Kier alpha value is -2.27. The number of para-hydroxylation sites is 1. The number of carbonyl (C=O) groups excluding carboxylic acids is 1. The van der Waals surface area contributed by atoms with Crippen molar-refractivity contribution in [3.05, 3.63) is 52.8 Å². The Labute approximate surface area is 119 Å². The third-order valence-corrected chi connectivity index (χ3v) is 2.87. The van der Waals surface area contributed by atoms with E-state index < -0.39 is 11.8 Å². The number of nitrogens with two attached hydrogens (primary N) is 1. The maximum Gasteiger partial charge on any atom is 0.341 e. The highest BCUT2D eigenvalue weighted by molar-refractivity contribution is 6.30. The van der Waals surface area contributed by atoms with Crippen LogP contribution in [0.5, 0.6) is 11.5 Å². The molecule has 0 atom stereocenters. The molecule has 2 aromatic carbocycles. The fraction of sp³-hybridized carbons (Fsp3) is 0.0714. The number of anilines is 1. The summed E-state index contributed by atoms with van der Waals surface area (Å²) in [6.45, 7) is 0. The number of hydrogen-bond donors (Lipinski definition) is 1. The molecule has 0 aromatic heterocycles. The summed E-state index contributed by atoms with van der Waals surface area (Å²) >= 11 is 5.67. The molecule has 20 heavy (non-hydrogen) atoms. The molecule has 0 amide bonds. The molecule has 0 fully saturated rings. The molecular weight excluding hydrogens is 285 g/mol. The number of methoxy groups -OCH3 is 1. The first-order valence-corrected chi connectivity index (χ1v) is 6.01. The van der Waals surface area contributed by atoms with Crippen molar-refractivity contribution >= 4 is 23.3 Å². The van der Waals surface area contributed by atoms with Gasteiger partial charge in [-0.1, -0.05) is 23.7 Å². The zero-order valence-corrected chi connectivity index (χ0v) is 11.3. The minimum Gasteiger partial charge on any atom is -0.465 e. The molecule has 2 rings (SSSR count). The largest absolute Gasteiger partial charge is 0.465 e. The number of hydrogen-bond acceptors (Lipinski definition) is 4. The summed E-state index contributed by atoms with van der Waals surface area (Å²) in [5.41, 5.74) is 6.05. The number of benzene rings is 2. The highest BCUT2D eigenvalue weighted by atomic mass is 35.5. The van der Waals surface area contributed by atoms with Crippen LogP contribution in [0.2, 0.25) is 5.02 Å². The summed E-state index contributed by atoms with van der Waals surface area (Å²) in [4.78, 5) is 11.7. The molecular formula is C14H11ClFNO3. The molecule has 0 bridgehead atoms. The molecule has 0 aliphatic rings. The van der Waals surface area contributed by atoms with E-state index in [4.69, 9.17) is 22.1 Å². The zero-order chi connectivity index (χ0) is 14.7. The van der Waals surface area contributed by atoms with Gasteiger partial charge in [0.2, 0.25) is 0 Å². The van der Waals surface area contributed by atoms with Crippen LogP contribution in [0.4, 0.5) is 10.1 Å². The molecule has 0 spiro atoms. The Morgan fingerprint density at radius 3 is 2.65 bits per heavy atom. The van der Waals surface area contributed by atoms with Crippen molar-refractivity contribution in [3.8, 4) is 11.5 Å². The van der Waals surface area contributed by atoms with Crippen LogP contribution in [0.25, 0.3) is 0 Å². The average Bonchev–Trinajstić information content (AvgIpc) is 2.45. The molecule has 4 nitrogen and oxygen atoms in total. The predicted octanol–water partition coefficient (Wildman–Crippen LogP) is 3.64. The molecule has 0 radical (unpaired) electrons. The summed E-state index contributed by atoms with van der Waals surface area (Å²) in [6, 6.07) is 8.87. The van der Waals surface area contributed by atoms with Crippen molar-refractivity contribution in [3.63, 3.8) is 0 Å². The molecule has 0 aliphatic carbocycles. The first-order chi connectivity index (χ1) is 9.54. The van der Waals surface area contributed by atoms with E-state index in [-0.39, 0.29) is 27.8 Å². The topological polar surface area (TPSA) is 61.5 Å². The van der Waals surface area contributed by atoms with Gasteiger partial charge in [0.1, 0.15) is 5.56 Å². The van der Waals surface area contributed by atoms with E-state index in [1.807, 2.05) is 0 Å². The third kappa shape index (κ3) is 2.67. The lowest BCUT2D eigenvalue weighted by Crippen LogP contribution is -2.06. The predicted molar refractivity (Wildman–Crippen MR) is 73.7 cm³/mol. The van der Waals surface area contributed by atoms with Gasteiger partial charge in [0.05, 0.1) is 17.8 Å². The summed E-state index contributed by atoms with van der Waals surface area (Å²) in [5, 5.41) is -0.0865. The van der Waals surface area contributed by atoms with Crippen molar-refractivity contribution in [2.45, 2.75) is 0 Å². The van der Waals surface area contributed by atoms with Crippen molar-refractivity contribution in [1.82, 2.24) is 0 Å². The summed E-state index contributed by atoms with van der Waals surface area (Å²) in [7, 11) is 1.23. The van der Waals surface area contributed by atoms with Gasteiger partial charge in [-0.3, -0.25) is 0 Å². The van der Waals surface area contributed by atoms with Gasteiger partial charge < -0.3 is 15.2 Å². The lowest BCUT2D eigenvalue weighted by molar-refractivity contribution is 0.0598. The van der Waals surface area contributed by atoms with Gasteiger partial charge in [0.25, 0.3) is 0 Å². The second kappa shape index (κ2) is 5.79. The fourth-order valence-electron chi connectivity index (χ4n) is 1.61. The molecule has 0 saturated heterocycles. The number of esters is 1. The Balaban J connectivity index is 2.48. The van der Waals surface area contributed by atoms with Crippen LogP contribution in [0, 0.1) is 5.82 Å². The van der Waals surface area contributed by atoms with Crippen molar-refractivity contribution < 1.29 is 18.7 Å². The smallest absolute Gasteiger partial charge is 0.341 e. The maximum atomic E-state index is 13.8. The normalized spacial score (nSPS) is 10.2. The van der Waals surface area contributed by atoms with Crippen LogP contribution in [-0.4, -0.2) is 13.1 Å². The van der Waals surface area contributed by atoms with Gasteiger partial charge in [0.15, 0.2) is 17.3 Å². The van der Waals surface area contributed by atoms with E-state index in [1.165, 1.54) is 37.4 Å². The molecule has 2 aromatic rings. The highest BCUT2D eigenvalue weighted by Gasteiger charge is 2.18. The fourth-order valence-corrected chi connectivity index (χ4v) is 1.78. The number of halogens is 2. The van der Waals surface area contributed by atoms with Gasteiger partial charge in [-0.2, -0.15) is 0 Å². The number of rotatable bonds is 3. The first-order valence-electron chi connectivity index (χ1n) is 5.63. The molecule has 0 heterocycles. The summed E-state index contributed by atoms with van der Waals surface area (Å²) in [5.74, 6) is -1.45. The average molecular weight is 296 g/mol. The molecule has 6 heteroatoms. The van der Waals surface area contributed by atoms with Gasteiger partial charge in [-0.15, -0.1) is 0 Å². The summed E-state index contributed by atoms with van der Waals surface area (Å²) in [6.07, 6.45) is 0. The van der Waals surface area contributed by atoms with Gasteiger partial charge in [-0.25, -0.2) is 9.18 Å². The quantitative estimate of drug-likeness (QED) is 0.693. The van der Waals surface area contributed by atoms with Crippen molar-refractivity contribution in [2.75, 3.05) is 12.8 Å². The van der Waals surface area contributed by atoms with Crippen LogP contribution in [0.1, 0.15) is 10.4 Å². The number of carbonyl (C=O) groups is 1. The van der Waals surface area contributed by atoms with E-state index in [0.29, 0.717) is 0 Å². The lowest BCUT2D eigenvalue weighted by Gasteiger charge is -2.13. The second-order valence-electron chi connectivity index (χ2n) is 3.87. The Bertz CT molecular complexity index is 661. The Morgan fingerprint density at radius 2 is 1.95 bits per heavy atom. The van der Waals surface area contributed by atoms with Crippen LogP contribution < -0.4 is 10.5 Å². The molecule has 0 aliphatic heterocycles. The highest BCUT2D eigenvalue weighted by Crippen LogP contribution is 2.34. The maximum absolute atomic E-state index is 13.8.